The van der Waals surface area contributed by atoms with Crippen LogP contribution in [0.15, 0.2) is 72.8 Å². The lowest BCUT2D eigenvalue weighted by atomic mass is 10.1. The Bertz CT molecular complexity index is 1130. The van der Waals surface area contributed by atoms with Crippen molar-refractivity contribution >= 4 is 22.8 Å². The summed E-state index contributed by atoms with van der Waals surface area (Å²) in [7, 11) is 1.70. The Kier molecular flexibility index (Phi) is 5.82. The first kappa shape index (κ1) is 20.0. The third kappa shape index (κ3) is 4.40. The molecule has 0 spiro atoms. The monoisotopic (exact) mass is 431 g/mol. The molecule has 1 N–H and O–H groups in total. The fraction of sp³-hybridized carbons (Fsp3) is 0.240. The quantitative estimate of drug-likeness (QED) is 0.425. The molecule has 1 aliphatic rings. The van der Waals surface area contributed by atoms with Gasteiger partial charge in [-0.3, -0.25) is 4.90 Å². The number of imidazole rings is 1. The summed E-state index contributed by atoms with van der Waals surface area (Å²) in [6, 6.07) is 24.6. The summed E-state index contributed by atoms with van der Waals surface area (Å²) in [5, 5.41) is 0.269. The van der Waals surface area contributed by atoms with E-state index in [9.17, 15) is 0 Å². The zero-order valence-corrected chi connectivity index (χ0v) is 18.3. The van der Waals surface area contributed by atoms with E-state index in [2.05, 4.69) is 40.2 Å². The summed E-state index contributed by atoms with van der Waals surface area (Å²) in [6.07, 6.45) is 0. The SMILES string of the molecule is COc1cc(C2SCCN2Cc2nc3ccccc3[nH]2)ccc1OCc1ccccc1. The first-order valence-corrected chi connectivity index (χ1v) is 11.5. The van der Waals surface area contributed by atoms with E-state index < -0.39 is 0 Å². The van der Waals surface area contributed by atoms with Gasteiger partial charge in [-0.05, 0) is 35.4 Å². The van der Waals surface area contributed by atoms with Crippen LogP contribution in [0.3, 0.4) is 0 Å². The molecule has 1 aliphatic heterocycles. The maximum Gasteiger partial charge on any atom is 0.161 e. The van der Waals surface area contributed by atoms with Crippen LogP contribution in [0.5, 0.6) is 11.5 Å². The highest BCUT2D eigenvalue weighted by molar-refractivity contribution is 7.99. The number of hydrogen-bond donors (Lipinski definition) is 1. The zero-order valence-electron chi connectivity index (χ0n) is 17.5. The highest BCUT2D eigenvalue weighted by atomic mass is 32.2. The second-order valence-corrected chi connectivity index (χ2v) is 8.77. The van der Waals surface area contributed by atoms with Crippen molar-refractivity contribution in [2.45, 2.75) is 18.5 Å². The average Bonchev–Trinajstić information content (AvgIpc) is 3.45. The molecule has 0 saturated carbocycles. The Morgan fingerprint density at radius 3 is 2.71 bits per heavy atom. The second kappa shape index (κ2) is 9.04. The van der Waals surface area contributed by atoms with Gasteiger partial charge in [0, 0.05) is 12.3 Å². The number of hydrogen-bond acceptors (Lipinski definition) is 5. The molecule has 5 nitrogen and oxygen atoms in total. The van der Waals surface area contributed by atoms with Gasteiger partial charge in [0.25, 0.3) is 0 Å². The van der Waals surface area contributed by atoms with Gasteiger partial charge in [0.2, 0.25) is 0 Å². The molecular weight excluding hydrogens is 406 g/mol. The molecule has 1 saturated heterocycles. The van der Waals surface area contributed by atoms with Crippen molar-refractivity contribution < 1.29 is 9.47 Å². The molecule has 0 amide bonds. The summed E-state index contributed by atoms with van der Waals surface area (Å²) in [4.78, 5) is 10.7. The molecule has 0 radical (unpaired) electrons. The predicted octanol–water partition coefficient (Wildman–Crippen LogP) is 5.40. The number of methoxy groups -OCH3 is 1. The van der Waals surface area contributed by atoms with Gasteiger partial charge in [-0.25, -0.2) is 4.98 Å². The molecule has 2 heterocycles. The Morgan fingerprint density at radius 1 is 1.03 bits per heavy atom. The van der Waals surface area contributed by atoms with Crippen molar-refractivity contribution in [3.05, 3.63) is 89.7 Å². The number of rotatable bonds is 7. The number of aromatic nitrogens is 2. The molecule has 0 aliphatic carbocycles. The van der Waals surface area contributed by atoms with Crippen LogP contribution >= 0.6 is 11.8 Å². The number of nitrogens with zero attached hydrogens (tertiary/aromatic N) is 2. The van der Waals surface area contributed by atoms with E-state index in [-0.39, 0.29) is 5.37 Å². The number of H-pyrrole nitrogens is 1. The van der Waals surface area contributed by atoms with Crippen LogP contribution in [0.4, 0.5) is 0 Å². The normalized spacial score (nSPS) is 16.6. The molecule has 5 rings (SSSR count). The van der Waals surface area contributed by atoms with Crippen molar-refractivity contribution in [3.8, 4) is 11.5 Å². The molecule has 1 atom stereocenters. The molecule has 31 heavy (non-hydrogen) atoms. The van der Waals surface area contributed by atoms with Crippen LogP contribution in [0.2, 0.25) is 0 Å². The van der Waals surface area contributed by atoms with Crippen LogP contribution in [-0.4, -0.2) is 34.3 Å². The Labute approximate surface area is 186 Å². The minimum absolute atomic E-state index is 0.269. The van der Waals surface area contributed by atoms with E-state index in [1.54, 1.807) is 7.11 Å². The topological polar surface area (TPSA) is 50.4 Å². The second-order valence-electron chi connectivity index (χ2n) is 7.58. The number of nitrogens with one attached hydrogen (secondary N) is 1. The Morgan fingerprint density at radius 2 is 1.87 bits per heavy atom. The molecule has 6 heteroatoms. The number of fused-ring (bicyclic) bond motifs is 1. The lowest BCUT2D eigenvalue weighted by Gasteiger charge is -2.23. The first-order chi connectivity index (χ1) is 15.3. The molecule has 0 bridgehead atoms. The van der Waals surface area contributed by atoms with Gasteiger partial charge in [-0.1, -0.05) is 48.5 Å². The number of thioether (sulfide) groups is 1. The lowest BCUT2D eigenvalue weighted by Crippen LogP contribution is -2.23. The maximum absolute atomic E-state index is 6.03. The number of ether oxygens (including phenoxy) is 2. The smallest absolute Gasteiger partial charge is 0.161 e. The lowest BCUT2D eigenvalue weighted by molar-refractivity contribution is 0.271. The highest BCUT2D eigenvalue weighted by Crippen LogP contribution is 2.41. The van der Waals surface area contributed by atoms with E-state index in [1.807, 2.05) is 54.2 Å². The van der Waals surface area contributed by atoms with Crippen molar-refractivity contribution in [3.63, 3.8) is 0 Å². The van der Waals surface area contributed by atoms with Crippen molar-refractivity contribution in [2.75, 3.05) is 19.4 Å². The minimum Gasteiger partial charge on any atom is -0.493 e. The summed E-state index contributed by atoms with van der Waals surface area (Å²) < 4.78 is 11.7. The molecule has 158 valence electrons. The highest BCUT2D eigenvalue weighted by Gasteiger charge is 2.28. The van der Waals surface area contributed by atoms with Gasteiger partial charge >= 0.3 is 0 Å². The molecule has 1 aromatic heterocycles. The fourth-order valence-electron chi connectivity index (χ4n) is 3.94. The van der Waals surface area contributed by atoms with E-state index >= 15 is 0 Å². The van der Waals surface area contributed by atoms with Gasteiger partial charge < -0.3 is 14.5 Å². The third-order valence-corrected chi connectivity index (χ3v) is 6.79. The molecule has 4 aromatic rings. The Hall–Kier alpha value is -2.96. The first-order valence-electron chi connectivity index (χ1n) is 10.4. The Balaban J connectivity index is 1.32. The van der Waals surface area contributed by atoms with Gasteiger partial charge in [0.1, 0.15) is 12.4 Å². The maximum atomic E-state index is 6.03. The number of benzene rings is 3. The summed E-state index contributed by atoms with van der Waals surface area (Å²) >= 11 is 1.95. The number of para-hydroxylation sites is 2. The van der Waals surface area contributed by atoms with E-state index in [0.717, 1.165) is 52.8 Å². The van der Waals surface area contributed by atoms with Crippen molar-refractivity contribution in [1.82, 2.24) is 14.9 Å². The molecular formula is C25H25N3O2S. The van der Waals surface area contributed by atoms with Crippen LogP contribution < -0.4 is 9.47 Å². The fourth-order valence-corrected chi connectivity index (χ4v) is 5.23. The zero-order chi connectivity index (χ0) is 21.0. The summed E-state index contributed by atoms with van der Waals surface area (Å²) in [5.74, 6) is 3.63. The van der Waals surface area contributed by atoms with Crippen LogP contribution in [-0.2, 0) is 13.2 Å². The minimum atomic E-state index is 0.269. The van der Waals surface area contributed by atoms with Crippen molar-refractivity contribution in [1.29, 1.82) is 0 Å². The van der Waals surface area contributed by atoms with E-state index in [4.69, 9.17) is 14.5 Å². The van der Waals surface area contributed by atoms with Gasteiger partial charge in [-0.2, -0.15) is 0 Å². The van der Waals surface area contributed by atoms with Crippen molar-refractivity contribution in [2.24, 2.45) is 0 Å². The van der Waals surface area contributed by atoms with Crippen LogP contribution in [0, 0.1) is 0 Å². The van der Waals surface area contributed by atoms with E-state index in [0.29, 0.717) is 6.61 Å². The summed E-state index contributed by atoms with van der Waals surface area (Å²) in [6.45, 7) is 2.34. The van der Waals surface area contributed by atoms with Gasteiger partial charge in [0.05, 0.1) is 30.1 Å². The van der Waals surface area contributed by atoms with Crippen LogP contribution in [0.1, 0.15) is 22.3 Å². The van der Waals surface area contributed by atoms with E-state index in [1.165, 1.54) is 5.56 Å². The number of aromatic amines is 1. The summed E-state index contributed by atoms with van der Waals surface area (Å²) in [5.41, 5.74) is 4.46. The average molecular weight is 432 g/mol. The van der Waals surface area contributed by atoms with Gasteiger partial charge in [-0.15, -0.1) is 11.8 Å². The third-order valence-electron chi connectivity index (χ3n) is 5.49. The van der Waals surface area contributed by atoms with Crippen LogP contribution in [0.25, 0.3) is 11.0 Å². The van der Waals surface area contributed by atoms with Gasteiger partial charge in [0.15, 0.2) is 11.5 Å². The molecule has 3 aromatic carbocycles. The molecule has 1 unspecified atom stereocenters. The standard InChI is InChI=1S/C25H25N3O2S/c1-29-23-15-19(11-12-22(23)30-17-18-7-3-2-4-8-18)25-28(13-14-31-25)16-24-26-20-9-5-6-10-21(20)27-24/h2-12,15,25H,13-14,16-17H2,1H3,(H,26,27). The predicted molar refractivity (Wildman–Crippen MR) is 125 cm³/mol. The molecule has 1 fully saturated rings. The largest absolute Gasteiger partial charge is 0.493 e.